The smallest absolute Gasteiger partial charge is 0.326 e. The maximum absolute atomic E-state index is 13.4. The lowest BCUT2D eigenvalue weighted by Crippen LogP contribution is -2.37. The minimum Gasteiger partial charge on any atom is -0.437 e. The van der Waals surface area contributed by atoms with Crippen molar-refractivity contribution in [3.63, 3.8) is 0 Å². The van der Waals surface area contributed by atoms with Gasteiger partial charge in [-0.05, 0) is 35.9 Å². The first-order valence-corrected chi connectivity index (χ1v) is 11.4. The summed E-state index contributed by atoms with van der Waals surface area (Å²) >= 11 is 0. The van der Waals surface area contributed by atoms with Crippen LogP contribution in [0.1, 0.15) is 6.42 Å². The molecule has 0 amide bonds. The summed E-state index contributed by atoms with van der Waals surface area (Å²) in [5.41, 5.74) is 14.2. The van der Waals surface area contributed by atoms with E-state index >= 15 is 0 Å². The molecule has 9 nitrogen and oxygen atoms in total. The van der Waals surface area contributed by atoms with Crippen LogP contribution in [-0.4, -0.2) is 37.9 Å². The molecule has 172 valence electrons. The Kier molecular flexibility index (Phi) is 4.60. The van der Waals surface area contributed by atoms with E-state index in [9.17, 15) is 17.2 Å². The Morgan fingerprint density at radius 1 is 1.15 bits per heavy atom. The number of halogens is 2. The van der Waals surface area contributed by atoms with E-state index in [0.29, 0.717) is 33.9 Å². The van der Waals surface area contributed by atoms with E-state index in [1.807, 2.05) is 0 Å². The van der Waals surface area contributed by atoms with Gasteiger partial charge in [0.05, 0.1) is 23.8 Å². The molecule has 1 atom stereocenters. The highest BCUT2D eigenvalue weighted by Gasteiger charge is 2.59. The third kappa shape index (κ3) is 3.65. The van der Waals surface area contributed by atoms with Crippen molar-refractivity contribution in [1.82, 2.24) is 9.97 Å². The maximum Gasteiger partial charge on any atom is 0.326 e. The summed E-state index contributed by atoms with van der Waals surface area (Å²) in [5, 5.41) is 0. The Morgan fingerprint density at radius 2 is 1.91 bits per heavy atom. The Labute approximate surface area is 188 Å². The summed E-state index contributed by atoms with van der Waals surface area (Å²) in [4.78, 5) is 7.97. The topological polar surface area (TPSA) is 128 Å². The molecular formula is C21H20F2N6O3S. The monoisotopic (exact) mass is 474 g/mol. The molecule has 1 aliphatic carbocycles. The number of rotatable bonds is 5. The Morgan fingerprint density at radius 3 is 2.61 bits per heavy atom. The van der Waals surface area contributed by atoms with Crippen molar-refractivity contribution in [3.8, 4) is 22.8 Å². The predicted octanol–water partition coefficient (Wildman–Crippen LogP) is 3.26. The van der Waals surface area contributed by atoms with Gasteiger partial charge >= 0.3 is 10.2 Å². The van der Waals surface area contributed by atoms with Crippen molar-refractivity contribution in [3.05, 3.63) is 48.8 Å². The average Bonchev–Trinajstić information content (AvgIpc) is 3.32. The quantitative estimate of drug-likeness (QED) is 0.543. The fraction of sp³-hybridized carbons (Fsp3) is 0.238. The van der Waals surface area contributed by atoms with Crippen molar-refractivity contribution < 1.29 is 21.9 Å². The van der Waals surface area contributed by atoms with E-state index in [4.69, 9.17) is 16.2 Å². The van der Waals surface area contributed by atoms with Gasteiger partial charge in [-0.3, -0.25) is 13.6 Å². The van der Waals surface area contributed by atoms with Crippen LogP contribution in [0.3, 0.4) is 0 Å². The van der Waals surface area contributed by atoms with E-state index in [1.54, 1.807) is 36.4 Å². The number of nitrogen functional groups attached to an aromatic ring is 2. The lowest BCUT2D eigenvalue weighted by Gasteiger charge is -2.18. The van der Waals surface area contributed by atoms with Gasteiger partial charge in [-0.25, -0.2) is 8.78 Å². The molecule has 2 aliphatic rings. The fourth-order valence-electron chi connectivity index (χ4n) is 3.79. The summed E-state index contributed by atoms with van der Waals surface area (Å²) in [6.45, 7) is -0.265. The molecule has 0 radical (unpaired) electrons. The molecule has 0 spiro atoms. The predicted molar refractivity (Wildman–Crippen MR) is 121 cm³/mol. The van der Waals surface area contributed by atoms with Gasteiger partial charge in [0.25, 0.3) is 5.92 Å². The molecule has 3 aromatic rings. The zero-order valence-corrected chi connectivity index (χ0v) is 18.3. The molecule has 1 aromatic heterocycles. The van der Waals surface area contributed by atoms with Crippen LogP contribution in [0.25, 0.3) is 11.1 Å². The second-order valence-corrected chi connectivity index (χ2v) is 9.89. The summed E-state index contributed by atoms with van der Waals surface area (Å²) in [7, 11) is -2.55. The second kappa shape index (κ2) is 7.17. The maximum atomic E-state index is 13.4. The lowest BCUT2D eigenvalue weighted by molar-refractivity contribution is 0.101. The number of hydrogen-bond acceptors (Lipinski definition) is 7. The van der Waals surface area contributed by atoms with E-state index in [-0.39, 0.29) is 24.7 Å². The van der Waals surface area contributed by atoms with Gasteiger partial charge in [-0.15, -0.1) is 0 Å². The Balaban J connectivity index is 1.49. The highest BCUT2D eigenvalue weighted by molar-refractivity contribution is 7.94. The van der Waals surface area contributed by atoms with Crippen molar-refractivity contribution >= 4 is 33.1 Å². The lowest BCUT2D eigenvalue weighted by atomic mass is 10.0. The van der Waals surface area contributed by atoms with E-state index < -0.39 is 22.0 Å². The van der Waals surface area contributed by atoms with E-state index in [1.165, 1.54) is 19.4 Å². The molecule has 1 fully saturated rings. The molecule has 0 bridgehead atoms. The standard InChI is InChI=1S/C21H20F2N6O3S/c1-28-18-6-12(2-5-17(18)29(33(28,30)31)11-13-8-21(13,22)23)15-7-14(3-4-16(15)24)32-20-10-26-9-19(25)27-20/h2-7,9-10,13H,8,11,24H2,1H3,(H2,25,27). The molecule has 5 rings (SSSR count). The number of nitrogens with two attached hydrogens (primary N) is 2. The largest absolute Gasteiger partial charge is 0.437 e. The SMILES string of the molecule is CN1c2cc(-c3cc(Oc4cncc(N)n4)ccc3N)ccc2N(CC2CC2(F)F)S1(=O)=O. The van der Waals surface area contributed by atoms with Gasteiger partial charge < -0.3 is 16.2 Å². The van der Waals surface area contributed by atoms with E-state index in [2.05, 4.69) is 9.97 Å². The van der Waals surface area contributed by atoms with Crippen LogP contribution in [0.2, 0.25) is 0 Å². The molecule has 12 heteroatoms. The first-order chi connectivity index (χ1) is 15.6. The molecule has 0 saturated heterocycles. The zero-order valence-electron chi connectivity index (χ0n) is 17.4. The summed E-state index contributed by atoms with van der Waals surface area (Å²) in [6, 6.07) is 9.95. The zero-order chi connectivity index (χ0) is 23.5. The van der Waals surface area contributed by atoms with Crippen LogP contribution < -0.4 is 24.8 Å². The van der Waals surface area contributed by atoms with E-state index in [0.717, 1.165) is 8.61 Å². The number of hydrogen-bond donors (Lipinski definition) is 2. The molecule has 1 saturated carbocycles. The summed E-state index contributed by atoms with van der Waals surface area (Å²) < 4.78 is 60.5. The number of aromatic nitrogens is 2. The Hall–Kier alpha value is -3.67. The fourth-order valence-corrected chi connectivity index (χ4v) is 5.25. The summed E-state index contributed by atoms with van der Waals surface area (Å²) in [5.74, 6) is -2.96. The molecule has 1 unspecified atom stereocenters. The normalized spacial score (nSPS) is 19.9. The number of alkyl halides is 2. The van der Waals surface area contributed by atoms with Crippen molar-refractivity contribution in [2.45, 2.75) is 12.3 Å². The molecule has 2 heterocycles. The third-order valence-corrected chi connectivity index (χ3v) is 7.53. The van der Waals surface area contributed by atoms with Crippen LogP contribution in [-0.2, 0) is 10.2 Å². The number of fused-ring (bicyclic) bond motifs is 1. The number of benzene rings is 2. The number of anilines is 4. The molecule has 2 aromatic carbocycles. The van der Waals surface area contributed by atoms with Gasteiger partial charge in [0.2, 0.25) is 5.88 Å². The highest BCUT2D eigenvalue weighted by atomic mass is 32.2. The number of nitrogens with zero attached hydrogens (tertiary/aromatic N) is 4. The van der Waals surface area contributed by atoms with Gasteiger partial charge in [0.1, 0.15) is 11.6 Å². The van der Waals surface area contributed by atoms with Crippen molar-refractivity contribution in [1.29, 1.82) is 0 Å². The first kappa shape index (κ1) is 21.2. The van der Waals surface area contributed by atoms with Crippen LogP contribution in [0.4, 0.5) is 31.7 Å². The average molecular weight is 474 g/mol. The molecule has 4 N–H and O–H groups in total. The van der Waals surface area contributed by atoms with Crippen molar-refractivity contribution in [2.75, 3.05) is 33.7 Å². The van der Waals surface area contributed by atoms with Crippen LogP contribution >= 0.6 is 0 Å². The summed E-state index contributed by atoms with van der Waals surface area (Å²) in [6.07, 6.45) is 2.50. The first-order valence-electron chi connectivity index (χ1n) is 10.00. The van der Waals surface area contributed by atoms with Gasteiger partial charge in [-0.2, -0.15) is 13.4 Å². The third-order valence-electron chi connectivity index (χ3n) is 5.74. The highest BCUT2D eigenvalue weighted by Crippen LogP contribution is 2.52. The minimum absolute atomic E-state index is 0.207. The van der Waals surface area contributed by atoms with Crippen LogP contribution in [0.5, 0.6) is 11.6 Å². The Bertz CT molecular complexity index is 1370. The van der Waals surface area contributed by atoms with Crippen LogP contribution in [0, 0.1) is 5.92 Å². The van der Waals surface area contributed by atoms with Gasteiger partial charge in [0, 0.05) is 37.2 Å². The molecule has 33 heavy (non-hydrogen) atoms. The minimum atomic E-state index is -3.94. The molecule has 1 aliphatic heterocycles. The van der Waals surface area contributed by atoms with Crippen molar-refractivity contribution in [2.24, 2.45) is 5.92 Å². The second-order valence-electron chi connectivity index (χ2n) is 8.01. The van der Waals surface area contributed by atoms with Crippen LogP contribution in [0.15, 0.2) is 48.8 Å². The van der Waals surface area contributed by atoms with Gasteiger partial charge in [0.15, 0.2) is 0 Å². The van der Waals surface area contributed by atoms with Gasteiger partial charge in [-0.1, -0.05) is 6.07 Å². The molecular weight excluding hydrogens is 454 g/mol. The number of ether oxygens (including phenoxy) is 1.